The fraction of sp³-hybridized carbons (Fsp3) is 0.280. The maximum absolute atomic E-state index is 10.9. The minimum atomic E-state index is -0.676. The molecule has 1 heterocycles. The molecule has 0 unspecified atom stereocenters. The van der Waals surface area contributed by atoms with E-state index in [1.54, 1.807) is 0 Å². The van der Waals surface area contributed by atoms with E-state index < -0.39 is 5.97 Å². The van der Waals surface area contributed by atoms with Gasteiger partial charge in [0.15, 0.2) is 0 Å². The SMILES string of the molecule is O=C(O)C[C@H]1CC[C@@H](c2ccc(-c3ccc(Nc4cccc(Cl)c4)nc3)cc2)CC1. The summed E-state index contributed by atoms with van der Waals surface area (Å²) in [7, 11) is 0. The van der Waals surface area contributed by atoms with Crippen molar-refractivity contribution in [2.45, 2.75) is 38.0 Å². The van der Waals surface area contributed by atoms with Gasteiger partial charge in [0.1, 0.15) is 5.82 Å². The number of rotatable bonds is 6. The van der Waals surface area contributed by atoms with Crippen molar-refractivity contribution in [3.8, 4) is 11.1 Å². The zero-order chi connectivity index (χ0) is 20.9. The molecule has 0 saturated heterocycles. The van der Waals surface area contributed by atoms with Crippen molar-refractivity contribution in [2.75, 3.05) is 5.32 Å². The van der Waals surface area contributed by atoms with Crippen molar-refractivity contribution in [2.24, 2.45) is 5.92 Å². The molecule has 0 aliphatic heterocycles. The number of benzene rings is 2. The average Bonchev–Trinajstić information content (AvgIpc) is 2.75. The third kappa shape index (κ3) is 5.19. The van der Waals surface area contributed by atoms with Gasteiger partial charge in [0.05, 0.1) is 0 Å². The first kappa shape index (κ1) is 20.4. The predicted octanol–water partition coefficient (Wildman–Crippen LogP) is 6.89. The van der Waals surface area contributed by atoms with Gasteiger partial charge in [-0.2, -0.15) is 0 Å². The molecule has 5 heteroatoms. The maximum atomic E-state index is 10.9. The van der Waals surface area contributed by atoms with Crippen LogP contribution in [0.5, 0.6) is 0 Å². The second-order valence-electron chi connectivity index (χ2n) is 8.00. The molecular formula is C25H25ClN2O2. The fourth-order valence-electron chi connectivity index (χ4n) is 4.25. The zero-order valence-electron chi connectivity index (χ0n) is 16.7. The summed E-state index contributed by atoms with van der Waals surface area (Å²) in [5.41, 5.74) is 4.47. The lowest BCUT2D eigenvalue weighted by atomic mass is 9.77. The fourth-order valence-corrected chi connectivity index (χ4v) is 4.44. The Morgan fingerprint density at radius 3 is 2.37 bits per heavy atom. The molecule has 30 heavy (non-hydrogen) atoms. The highest BCUT2D eigenvalue weighted by Crippen LogP contribution is 2.37. The Morgan fingerprint density at radius 1 is 1.00 bits per heavy atom. The van der Waals surface area contributed by atoms with E-state index in [1.807, 2.05) is 36.5 Å². The Balaban J connectivity index is 1.37. The number of carboxylic acid groups (broad SMARTS) is 1. The highest BCUT2D eigenvalue weighted by atomic mass is 35.5. The number of hydrogen-bond acceptors (Lipinski definition) is 3. The molecule has 0 radical (unpaired) electrons. The molecule has 1 aliphatic carbocycles. The average molecular weight is 421 g/mol. The lowest BCUT2D eigenvalue weighted by Gasteiger charge is -2.28. The topological polar surface area (TPSA) is 62.2 Å². The van der Waals surface area contributed by atoms with E-state index in [0.717, 1.165) is 48.3 Å². The summed E-state index contributed by atoms with van der Waals surface area (Å²) in [5.74, 6) is 0.968. The normalized spacial score (nSPS) is 18.7. The van der Waals surface area contributed by atoms with Crippen LogP contribution < -0.4 is 5.32 Å². The molecule has 0 atom stereocenters. The lowest BCUT2D eigenvalue weighted by molar-refractivity contribution is -0.138. The number of carboxylic acids is 1. The van der Waals surface area contributed by atoms with E-state index in [1.165, 1.54) is 5.56 Å². The van der Waals surface area contributed by atoms with E-state index in [9.17, 15) is 4.79 Å². The molecule has 1 fully saturated rings. The van der Waals surface area contributed by atoms with Gasteiger partial charge in [0.2, 0.25) is 0 Å². The van der Waals surface area contributed by atoms with E-state index in [0.29, 0.717) is 23.3 Å². The van der Waals surface area contributed by atoms with Crippen molar-refractivity contribution >= 4 is 29.1 Å². The Labute approximate surface area is 181 Å². The molecule has 2 aromatic carbocycles. The Morgan fingerprint density at radius 2 is 1.73 bits per heavy atom. The van der Waals surface area contributed by atoms with Crippen molar-refractivity contribution in [1.82, 2.24) is 4.98 Å². The van der Waals surface area contributed by atoms with Crippen LogP contribution in [-0.4, -0.2) is 16.1 Å². The van der Waals surface area contributed by atoms with Crippen LogP contribution in [-0.2, 0) is 4.79 Å². The molecule has 0 amide bonds. The van der Waals surface area contributed by atoms with Crippen LogP contribution >= 0.6 is 11.6 Å². The molecule has 3 aromatic rings. The number of halogens is 1. The van der Waals surface area contributed by atoms with Crippen LogP contribution in [0.1, 0.15) is 43.6 Å². The number of anilines is 2. The largest absolute Gasteiger partial charge is 0.481 e. The van der Waals surface area contributed by atoms with E-state index in [2.05, 4.69) is 40.6 Å². The van der Waals surface area contributed by atoms with Gasteiger partial charge in [0, 0.05) is 28.9 Å². The molecule has 1 aromatic heterocycles. The van der Waals surface area contributed by atoms with Gasteiger partial charge in [-0.25, -0.2) is 4.98 Å². The quantitative estimate of drug-likeness (QED) is 0.455. The summed E-state index contributed by atoms with van der Waals surface area (Å²) in [4.78, 5) is 15.4. The molecule has 4 nitrogen and oxygen atoms in total. The molecular weight excluding hydrogens is 396 g/mol. The van der Waals surface area contributed by atoms with Gasteiger partial charge in [-0.1, -0.05) is 41.9 Å². The smallest absolute Gasteiger partial charge is 0.303 e. The van der Waals surface area contributed by atoms with E-state index in [4.69, 9.17) is 16.7 Å². The number of nitrogens with one attached hydrogen (secondary N) is 1. The Kier molecular flexibility index (Phi) is 6.34. The van der Waals surface area contributed by atoms with Crippen molar-refractivity contribution in [3.63, 3.8) is 0 Å². The Hall–Kier alpha value is -2.85. The highest BCUT2D eigenvalue weighted by Gasteiger charge is 2.23. The third-order valence-electron chi connectivity index (χ3n) is 5.89. The molecule has 1 aliphatic rings. The molecule has 1 saturated carbocycles. The summed E-state index contributed by atoms with van der Waals surface area (Å²) >= 11 is 6.03. The number of nitrogens with zero attached hydrogens (tertiary/aromatic N) is 1. The van der Waals surface area contributed by atoms with Crippen molar-refractivity contribution in [1.29, 1.82) is 0 Å². The van der Waals surface area contributed by atoms with Crippen LogP contribution in [0.4, 0.5) is 11.5 Å². The number of hydrogen-bond donors (Lipinski definition) is 2. The van der Waals surface area contributed by atoms with Gasteiger partial charge >= 0.3 is 5.97 Å². The maximum Gasteiger partial charge on any atom is 0.303 e. The Bertz CT molecular complexity index is 994. The molecule has 154 valence electrons. The van der Waals surface area contributed by atoms with Crippen molar-refractivity contribution < 1.29 is 9.90 Å². The molecule has 0 bridgehead atoms. The van der Waals surface area contributed by atoms with Crippen LogP contribution in [0.15, 0.2) is 66.9 Å². The van der Waals surface area contributed by atoms with Gasteiger partial charge in [-0.15, -0.1) is 0 Å². The summed E-state index contributed by atoms with van der Waals surface area (Å²) in [6.07, 6.45) is 6.33. The second kappa shape index (κ2) is 9.31. The van der Waals surface area contributed by atoms with Gasteiger partial charge in [0.25, 0.3) is 0 Å². The first-order valence-corrected chi connectivity index (χ1v) is 10.8. The lowest BCUT2D eigenvalue weighted by Crippen LogP contribution is -2.16. The van der Waals surface area contributed by atoms with Gasteiger partial charge < -0.3 is 10.4 Å². The third-order valence-corrected chi connectivity index (χ3v) is 6.12. The first-order valence-electron chi connectivity index (χ1n) is 10.4. The number of pyridine rings is 1. The number of carbonyl (C=O) groups is 1. The van der Waals surface area contributed by atoms with Crippen molar-refractivity contribution in [3.05, 3.63) is 77.4 Å². The number of aliphatic carboxylic acids is 1. The first-order chi connectivity index (χ1) is 14.6. The van der Waals surface area contributed by atoms with Crippen LogP contribution in [0.3, 0.4) is 0 Å². The zero-order valence-corrected chi connectivity index (χ0v) is 17.5. The van der Waals surface area contributed by atoms with E-state index >= 15 is 0 Å². The summed E-state index contributed by atoms with van der Waals surface area (Å²) in [6, 6.07) is 20.3. The highest BCUT2D eigenvalue weighted by molar-refractivity contribution is 6.30. The standard InChI is InChI=1S/C25H25ClN2O2/c26-22-2-1-3-23(15-22)28-24-13-12-21(16-27-24)20-10-8-19(9-11-20)18-6-4-17(5-7-18)14-25(29)30/h1-3,8-13,15-18H,4-7,14H2,(H,27,28)(H,29,30)/t17-,18+. The van der Waals surface area contributed by atoms with Gasteiger partial charge in [-0.3, -0.25) is 4.79 Å². The van der Waals surface area contributed by atoms with Crippen LogP contribution in [0, 0.1) is 5.92 Å². The minimum absolute atomic E-state index is 0.306. The molecule has 2 N–H and O–H groups in total. The summed E-state index contributed by atoms with van der Waals surface area (Å²) in [5, 5.41) is 12.9. The molecule has 0 spiro atoms. The van der Waals surface area contributed by atoms with E-state index in [-0.39, 0.29) is 0 Å². The number of aromatic nitrogens is 1. The van der Waals surface area contributed by atoms with Gasteiger partial charge in [-0.05, 0) is 79.0 Å². The summed E-state index contributed by atoms with van der Waals surface area (Å²) < 4.78 is 0. The van der Waals surface area contributed by atoms with Crippen LogP contribution in [0.2, 0.25) is 5.02 Å². The van der Waals surface area contributed by atoms with Crippen LogP contribution in [0.25, 0.3) is 11.1 Å². The molecule has 4 rings (SSSR count). The predicted molar refractivity (Wildman–Crippen MR) is 121 cm³/mol. The minimum Gasteiger partial charge on any atom is -0.481 e. The second-order valence-corrected chi connectivity index (χ2v) is 8.44. The summed E-state index contributed by atoms with van der Waals surface area (Å²) in [6.45, 7) is 0. The monoisotopic (exact) mass is 420 g/mol.